The molecule has 1 rings (SSSR count). The Balaban J connectivity index is 2.80. The predicted octanol–water partition coefficient (Wildman–Crippen LogP) is 2.05. The number of primary amides is 1. The third-order valence-corrected chi connectivity index (χ3v) is 2.16. The molecular formula is C11H12ClN3O. The number of benzene rings is 1. The van der Waals surface area contributed by atoms with Crippen LogP contribution in [-0.4, -0.2) is 18.9 Å². The van der Waals surface area contributed by atoms with Crippen molar-refractivity contribution < 1.29 is 4.79 Å². The van der Waals surface area contributed by atoms with Gasteiger partial charge in [-0.2, -0.15) is 0 Å². The van der Waals surface area contributed by atoms with Crippen molar-refractivity contribution in [1.82, 2.24) is 5.32 Å². The van der Waals surface area contributed by atoms with Crippen molar-refractivity contribution in [3.8, 4) is 0 Å². The maximum Gasteiger partial charge on any atom is 0.317 e. The van der Waals surface area contributed by atoms with Crippen LogP contribution in [0.15, 0.2) is 35.3 Å². The molecule has 0 heterocycles. The molecule has 0 atom stereocenters. The van der Waals surface area contributed by atoms with Gasteiger partial charge in [0.1, 0.15) is 5.84 Å². The molecule has 0 bridgehead atoms. The van der Waals surface area contributed by atoms with E-state index < -0.39 is 6.03 Å². The zero-order chi connectivity index (χ0) is 12.0. The molecule has 0 saturated carbocycles. The molecule has 5 heteroatoms. The number of nitrogens with zero attached hydrogens (tertiary/aromatic N) is 1. The summed E-state index contributed by atoms with van der Waals surface area (Å²) >= 11 is 5.95. The number of aliphatic imine (C=N–C) groups is 1. The standard InChI is InChI=1S/C11H12ClN3O/c1-14-10(15-11(13)16)7-6-8-4-2-3-5-9(8)12/h2-7H,1H3,(H3,13,14,15,16). The monoisotopic (exact) mass is 237 g/mol. The van der Waals surface area contributed by atoms with E-state index in [0.29, 0.717) is 10.9 Å². The van der Waals surface area contributed by atoms with Gasteiger partial charge < -0.3 is 5.73 Å². The Labute approximate surface area is 98.8 Å². The van der Waals surface area contributed by atoms with Crippen molar-refractivity contribution in [2.45, 2.75) is 0 Å². The molecule has 16 heavy (non-hydrogen) atoms. The van der Waals surface area contributed by atoms with Gasteiger partial charge in [-0.25, -0.2) is 4.79 Å². The van der Waals surface area contributed by atoms with Crippen LogP contribution in [0.3, 0.4) is 0 Å². The maximum atomic E-state index is 10.6. The predicted molar refractivity (Wildman–Crippen MR) is 66.6 cm³/mol. The van der Waals surface area contributed by atoms with Crippen molar-refractivity contribution in [3.05, 3.63) is 40.9 Å². The topological polar surface area (TPSA) is 67.5 Å². The number of nitrogens with two attached hydrogens (primary N) is 1. The minimum atomic E-state index is -0.649. The van der Waals surface area contributed by atoms with Gasteiger partial charge in [-0.1, -0.05) is 29.8 Å². The molecule has 1 aromatic carbocycles. The average Bonchev–Trinajstić information content (AvgIpc) is 2.25. The van der Waals surface area contributed by atoms with Gasteiger partial charge in [0.15, 0.2) is 0 Å². The summed E-state index contributed by atoms with van der Waals surface area (Å²) in [4.78, 5) is 14.5. The largest absolute Gasteiger partial charge is 0.351 e. The SMILES string of the molecule is CN=C(C=Cc1ccccc1Cl)NC(N)=O. The fourth-order valence-electron chi connectivity index (χ4n) is 1.08. The molecule has 0 radical (unpaired) electrons. The summed E-state index contributed by atoms with van der Waals surface area (Å²) < 4.78 is 0. The molecule has 1 aromatic rings. The number of urea groups is 1. The van der Waals surface area contributed by atoms with E-state index in [0.717, 1.165) is 5.56 Å². The van der Waals surface area contributed by atoms with Crippen LogP contribution in [0, 0.1) is 0 Å². The van der Waals surface area contributed by atoms with Gasteiger partial charge in [0.2, 0.25) is 0 Å². The van der Waals surface area contributed by atoms with Gasteiger partial charge in [0.05, 0.1) is 0 Å². The Morgan fingerprint density at radius 3 is 2.75 bits per heavy atom. The lowest BCUT2D eigenvalue weighted by molar-refractivity contribution is 0.253. The zero-order valence-electron chi connectivity index (χ0n) is 8.77. The van der Waals surface area contributed by atoms with Crippen molar-refractivity contribution in [1.29, 1.82) is 0 Å². The number of hydrogen-bond donors (Lipinski definition) is 2. The molecule has 0 aliphatic heterocycles. The lowest BCUT2D eigenvalue weighted by atomic mass is 10.2. The molecule has 0 aromatic heterocycles. The molecule has 2 amide bonds. The molecule has 0 saturated heterocycles. The first-order valence-electron chi connectivity index (χ1n) is 4.59. The summed E-state index contributed by atoms with van der Waals surface area (Å²) in [6.45, 7) is 0. The molecule has 0 spiro atoms. The molecule has 4 nitrogen and oxygen atoms in total. The molecule has 0 fully saturated rings. The van der Waals surface area contributed by atoms with E-state index in [9.17, 15) is 4.79 Å². The smallest absolute Gasteiger partial charge is 0.317 e. The van der Waals surface area contributed by atoms with E-state index in [1.807, 2.05) is 18.2 Å². The van der Waals surface area contributed by atoms with E-state index in [2.05, 4.69) is 10.3 Å². The summed E-state index contributed by atoms with van der Waals surface area (Å²) in [5.41, 5.74) is 5.82. The Kier molecular flexibility index (Phi) is 4.54. The Morgan fingerprint density at radius 1 is 1.50 bits per heavy atom. The number of carbonyl (C=O) groups excluding carboxylic acids is 1. The summed E-state index contributed by atoms with van der Waals surface area (Å²) in [6, 6.07) is 6.71. The van der Waals surface area contributed by atoms with Crippen molar-refractivity contribution >= 4 is 29.5 Å². The molecule has 0 aliphatic carbocycles. The van der Waals surface area contributed by atoms with Crippen LogP contribution in [0.5, 0.6) is 0 Å². The minimum Gasteiger partial charge on any atom is -0.351 e. The van der Waals surface area contributed by atoms with Crippen LogP contribution in [0.25, 0.3) is 6.08 Å². The highest BCUT2D eigenvalue weighted by molar-refractivity contribution is 6.32. The molecule has 0 aliphatic rings. The van der Waals surface area contributed by atoms with Crippen LogP contribution in [-0.2, 0) is 0 Å². The van der Waals surface area contributed by atoms with Crippen LogP contribution in [0.2, 0.25) is 5.02 Å². The zero-order valence-corrected chi connectivity index (χ0v) is 9.53. The maximum absolute atomic E-state index is 10.6. The van der Waals surface area contributed by atoms with Crippen molar-refractivity contribution in [3.63, 3.8) is 0 Å². The summed E-state index contributed by atoms with van der Waals surface area (Å²) in [7, 11) is 1.56. The first kappa shape index (κ1) is 12.3. The fraction of sp³-hybridized carbons (Fsp3) is 0.0909. The highest BCUT2D eigenvalue weighted by Gasteiger charge is 1.97. The first-order valence-corrected chi connectivity index (χ1v) is 4.97. The Bertz CT molecular complexity index is 441. The number of nitrogens with one attached hydrogen (secondary N) is 1. The highest BCUT2D eigenvalue weighted by atomic mass is 35.5. The Hall–Kier alpha value is -1.81. The number of rotatable bonds is 2. The van der Waals surface area contributed by atoms with Crippen molar-refractivity contribution in [2.75, 3.05) is 7.05 Å². The van der Waals surface area contributed by atoms with Gasteiger partial charge >= 0.3 is 6.03 Å². The summed E-state index contributed by atoms with van der Waals surface area (Å²) in [5.74, 6) is 0.382. The highest BCUT2D eigenvalue weighted by Crippen LogP contribution is 2.15. The number of halogens is 1. The van der Waals surface area contributed by atoms with E-state index in [-0.39, 0.29) is 0 Å². The van der Waals surface area contributed by atoms with Gasteiger partial charge in [-0.05, 0) is 23.8 Å². The van der Waals surface area contributed by atoms with Gasteiger partial charge in [0.25, 0.3) is 0 Å². The second-order valence-electron chi connectivity index (χ2n) is 2.95. The summed E-state index contributed by atoms with van der Waals surface area (Å²) in [5, 5.41) is 3.01. The van der Waals surface area contributed by atoms with Crippen LogP contribution >= 0.6 is 11.6 Å². The average molecular weight is 238 g/mol. The lowest BCUT2D eigenvalue weighted by Crippen LogP contribution is -2.33. The molecular weight excluding hydrogens is 226 g/mol. The second-order valence-corrected chi connectivity index (χ2v) is 3.36. The van der Waals surface area contributed by atoms with Crippen LogP contribution in [0.1, 0.15) is 5.56 Å². The van der Waals surface area contributed by atoms with E-state index in [1.165, 1.54) is 0 Å². The normalized spacial score (nSPS) is 11.8. The van der Waals surface area contributed by atoms with Crippen LogP contribution < -0.4 is 11.1 Å². The Morgan fingerprint density at radius 2 is 2.19 bits per heavy atom. The third-order valence-electron chi connectivity index (χ3n) is 1.82. The lowest BCUT2D eigenvalue weighted by Gasteiger charge is -2.00. The number of amidine groups is 1. The number of amides is 2. The molecule has 0 unspecified atom stereocenters. The first-order chi connectivity index (χ1) is 7.63. The number of carbonyl (C=O) groups is 1. The molecule has 3 N–H and O–H groups in total. The van der Waals surface area contributed by atoms with E-state index >= 15 is 0 Å². The molecule has 84 valence electrons. The quantitative estimate of drug-likeness (QED) is 0.600. The second kappa shape index (κ2) is 5.92. The number of hydrogen-bond acceptors (Lipinski definition) is 2. The third kappa shape index (κ3) is 3.74. The van der Waals surface area contributed by atoms with Crippen molar-refractivity contribution in [2.24, 2.45) is 10.7 Å². The van der Waals surface area contributed by atoms with Gasteiger partial charge in [-0.3, -0.25) is 10.3 Å². The van der Waals surface area contributed by atoms with Gasteiger partial charge in [-0.15, -0.1) is 0 Å². The van der Waals surface area contributed by atoms with E-state index in [1.54, 1.807) is 25.3 Å². The van der Waals surface area contributed by atoms with E-state index in [4.69, 9.17) is 17.3 Å². The van der Waals surface area contributed by atoms with Gasteiger partial charge in [0, 0.05) is 12.1 Å². The fourth-order valence-corrected chi connectivity index (χ4v) is 1.28. The van der Waals surface area contributed by atoms with Crippen LogP contribution in [0.4, 0.5) is 4.79 Å². The summed E-state index contributed by atoms with van der Waals surface area (Å²) in [6.07, 6.45) is 3.38. The minimum absolute atomic E-state index is 0.382.